The van der Waals surface area contributed by atoms with Crippen molar-refractivity contribution in [1.29, 1.82) is 0 Å². The molecule has 2 aromatic heterocycles. The number of rotatable bonds is 3. The van der Waals surface area contributed by atoms with Crippen molar-refractivity contribution in [2.24, 2.45) is 5.73 Å². The summed E-state index contributed by atoms with van der Waals surface area (Å²) in [6.07, 6.45) is 1.76. The summed E-state index contributed by atoms with van der Waals surface area (Å²) in [4.78, 5) is 21.3. The van der Waals surface area contributed by atoms with Gasteiger partial charge in [-0.15, -0.1) is 0 Å². The average Bonchev–Trinajstić information content (AvgIpc) is 3.01. The zero-order valence-corrected chi connectivity index (χ0v) is 10.4. The van der Waals surface area contributed by atoms with Crippen molar-refractivity contribution in [1.82, 2.24) is 15.0 Å². The average molecular weight is 258 g/mol. The number of nitrogens with two attached hydrogens (primary N) is 1. The number of fused-ring (bicyclic) bond motifs is 1. The Morgan fingerprint density at radius 2 is 2.26 bits per heavy atom. The maximum absolute atomic E-state index is 11.1. The van der Waals surface area contributed by atoms with Crippen LogP contribution in [0.2, 0.25) is 0 Å². The highest BCUT2D eigenvalue weighted by Gasteiger charge is 2.10. The van der Waals surface area contributed by atoms with E-state index in [1.165, 1.54) is 0 Å². The number of imidazole rings is 1. The lowest BCUT2D eigenvalue weighted by atomic mass is 10.1. The van der Waals surface area contributed by atoms with E-state index in [4.69, 9.17) is 10.2 Å². The molecule has 0 aliphatic rings. The van der Waals surface area contributed by atoms with E-state index in [0.717, 1.165) is 17.1 Å². The number of benzene rings is 1. The van der Waals surface area contributed by atoms with E-state index in [1.807, 2.05) is 19.1 Å². The SMILES string of the molecule is CC(CN)c1ncc(-c2ccc3oc(=O)[nH]c3c2)[nH]1. The van der Waals surface area contributed by atoms with Gasteiger partial charge in [-0.3, -0.25) is 4.98 Å². The fourth-order valence-corrected chi connectivity index (χ4v) is 1.96. The maximum Gasteiger partial charge on any atom is 0.417 e. The van der Waals surface area contributed by atoms with Crippen LogP contribution in [0.25, 0.3) is 22.4 Å². The van der Waals surface area contributed by atoms with Crippen LogP contribution in [0, 0.1) is 0 Å². The fourth-order valence-electron chi connectivity index (χ4n) is 1.96. The molecule has 98 valence electrons. The van der Waals surface area contributed by atoms with Crippen molar-refractivity contribution in [2.75, 3.05) is 6.54 Å². The monoisotopic (exact) mass is 258 g/mol. The second-order valence-corrected chi connectivity index (χ2v) is 4.54. The van der Waals surface area contributed by atoms with Gasteiger partial charge in [0.15, 0.2) is 5.58 Å². The first kappa shape index (κ1) is 11.7. The normalized spacial score (nSPS) is 12.9. The molecule has 0 radical (unpaired) electrons. The van der Waals surface area contributed by atoms with E-state index in [9.17, 15) is 4.79 Å². The third kappa shape index (κ3) is 2.06. The third-order valence-electron chi connectivity index (χ3n) is 3.15. The van der Waals surface area contributed by atoms with Gasteiger partial charge in [-0.25, -0.2) is 9.78 Å². The molecule has 0 spiro atoms. The molecule has 0 saturated carbocycles. The zero-order chi connectivity index (χ0) is 13.4. The minimum Gasteiger partial charge on any atom is -0.408 e. The molecule has 6 nitrogen and oxygen atoms in total. The molecule has 4 N–H and O–H groups in total. The van der Waals surface area contributed by atoms with Gasteiger partial charge in [0.25, 0.3) is 0 Å². The second-order valence-electron chi connectivity index (χ2n) is 4.54. The van der Waals surface area contributed by atoms with Gasteiger partial charge in [0.05, 0.1) is 17.4 Å². The molecule has 2 heterocycles. The standard InChI is InChI=1S/C13H14N4O2/c1-7(5-14)12-15-6-10(16-12)8-2-3-11-9(4-8)17-13(18)19-11/h2-4,6-7H,5,14H2,1H3,(H,15,16)(H,17,18). The summed E-state index contributed by atoms with van der Waals surface area (Å²) >= 11 is 0. The molecule has 1 unspecified atom stereocenters. The van der Waals surface area contributed by atoms with Gasteiger partial charge in [0, 0.05) is 18.0 Å². The Balaban J connectivity index is 2.03. The maximum atomic E-state index is 11.1. The van der Waals surface area contributed by atoms with E-state index >= 15 is 0 Å². The van der Waals surface area contributed by atoms with Crippen LogP contribution in [0.1, 0.15) is 18.7 Å². The molecular weight excluding hydrogens is 244 g/mol. The number of nitrogens with zero attached hydrogens (tertiary/aromatic N) is 1. The minimum absolute atomic E-state index is 0.186. The largest absolute Gasteiger partial charge is 0.417 e. The summed E-state index contributed by atoms with van der Waals surface area (Å²) < 4.78 is 4.97. The van der Waals surface area contributed by atoms with E-state index in [2.05, 4.69) is 15.0 Å². The van der Waals surface area contributed by atoms with Crippen LogP contribution in [0.3, 0.4) is 0 Å². The quantitative estimate of drug-likeness (QED) is 0.663. The van der Waals surface area contributed by atoms with Crippen LogP contribution < -0.4 is 11.5 Å². The number of aromatic amines is 2. The molecule has 1 atom stereocenters. The van der Waals surface area contributed by atoms with Gasteiger partial charge < -0.3 is 15.1 Å². The predicted molar refractivity (Wildman–Crippen MR) is 71.9 cm³/mol. The van der Waals surface area contributed by atoms with Crippen LogP contribution in [-0.4, -0.2) is 21.5 Å². The predicted octanol–water partition coefficient (Wildman–Crippen LogP) is 1.57. The fraction of sp³-hybridized carbons (Fsp3) is 0.231. The number of H-pyrrole nitrogens is 2. The van der Waals surface area contributed by atoms with Crippen LogP contribution in [0.4, 0.5) is 0 Å². The molecule has 0 aliphatic carbocycles. The van der Waals surface area contributed by atoms with Gasteiger partial charge in [-0.1, -0.05) is 6.92 Å². The van der Waals surface area contributed by atoms with E-state index < -0.39 is 5.76 Å². The van der Waals surface area contributed by atoms with Crippen molar-refractivity contribution in [3.63, 3.8) is 0 Å². The lowest BCUT2D eigenvalue weighted by Crippen LogP contribution is -2.10. The van der Waals surface area contributed by atoms with Gasteiger partial charge in [-0.05, 0) is 18.2 Å². The Labute approximate surface area is 108 Å². The highest BCUT2D eigenvalue weighted by molar-refractivity contribution is 5.78. The van der Waals surface area contributed by atoms with Gasteiger partial charge in [0.1, 0.15) is 5.82 Å². The molecule has 0 aliphatic heterocycles. The Bertz CT molecular complexity index is 768. The molecule has 0 saturated heterocycles. The third-order valence-corrected chi connectivity index (χ3v) is 3.15. The Kier molecular flexibility index (Phi) is 2.72. The van der Waals surface area contributed by atoms with Crippen LogP contribution in [0.5, 0.6) is 0 Å². The van der Waals surface area contributed by atoms with Gasteiger partial charge in [-0.2, -0.15) is 0 Å². The summed E-state index contributed by atoms with van der Waals surface area (Å²) in [6, 6.07) is 5.49. The van der Waals surface area contributed by atoms with E-state index in [0.29, 0.717) is 17.6 Å². The molecule has 0 bridgehead atoms. The molecule has 3 aromatic rings. The van der Waals surface area contributed by atoms with Gasteiger partial charge in [0.2, 0.25) is 0 Å². The molecule has 0 amide bonds. The molecule has 6 heteroatoms. The summed E-state index contributed by atoms with van der Waals surface area (Å²) in [5.41, 5.74) is 8.66. The topological polar surface area (TPSA) is 101 Å². The number of oxazole rings is 1. The second kappa shape index (κ2) is 4.40. The zero-order valence-electron chi connectivity index (χ0n) is 10.4. The highest BCUT2D eigenvalue weighted by Crippen LogP contribution is 2.22. The van der Waals surface area contributed by atoms with Crippen molar-refractivity contribution in [2.45, 2.75) is 12.8 Å². The molecule has 1 aromatic carbocycles. The van der Waals surface area contributed by atoms with Crippen LogP contribution >= 0.6 is 0 Å². The summed E-state index contributed by atoms with van der Waals surface area (Å²) in [5.74, 6) is 0.596. The smallest absolute Gasteiger partial charge is 0.408 e. The first-order chi connectivity index (χ1) is 9.17. The lowest BCUT2D eigenvalue weighted by molar-refractivity contribution is 0.555. The first-order valence-corrected chi connectivity index (χ1v) is 6.05. The number of aromatic nitrogens is 3. The summed E-state index contributed by atoms with van der Waals surface area (Å²) in [7, 11) is 0. The Morgan fingerprint density at radius 3 is 3.05 bits per heavy atom. The van der Waals surface area contributed by atoms with Crippen molar-refractivity contribution in [3.8, 4) is 11.3 Å². The van der Waals surface area contributed by atoms with Gasteiger partial charge >= 0.3 is 5.76 Å². The van der Waals surface area contributed by atoms with Crippen molar-refractivity contribution in [3.05, 3.63) is 40.8 Å². The molecule has 3 rings (SSSR count). The first-order valence-electron chi connectivity index (χ1n) is 6.05. The minimum atomic E-state index is -0.450. The van der Waals surface area contributed by atoms with E-state index in [-0.39, 0.29) is 5.92 Å². The van der Waals surface area contributed by atoms with E-state index in [1.54, 1.807) is 12.3 Å². The lowest BCUT2D eigenvalue weighted by Gasteiger charge is -2.03. The number of nitrogens with one attached hydrogen (secondary N) is 2. The summed E-state index contributed by atoms with van der Waals surface area (Å²) in [5, 5.41) is 0. The van der Waals surface area contributed by atoms with Crippen LogP contribution in [-0.2, 0) is 0 Å². The van der Waals surface area contributed by atoms with Crippen molar-refractivity contribution < 1.29 is 4.42 Å². The Morgan fingerprint density at radius 1 is 1.42 bits per heavy atom. The summed E-state index contributed by atoms with van der Waals surface area (Å²) in [6.45, 7) is 2.56. The molecule has 0 fully saturated rings. The highest BCUT2D eigenvalue weighted by atomic mass is 16.4. The number of hydrogen-bond acceptors (Lipinski definition) is 4. The molecular formula is C13H14N4O2. The van der Waals surface area contributed by atoms with Crippen molar-refractivity contribution >= 4 is 11.1 Å². The Hall–Kier alpha value is -2.34. The molecule has 19 heavy (non-hydrogen) atoms. The van der Waals surface area contributed by atoms with Crippen LogP contribution in [0.15, 0.2) is 33.6 Å². The number of hydrogen-bond donors (Lipinski definition) is 3.